The second-order valence-electron chi connectivity index (χ2n) is 7.59. The van der Waals surface area contributed by atoms with Crippen molar-refractivity contribution in [2.24, 2.45) is 0 Å². The monoisotopic (exact) mass is 584 g/mol. The van der Waals surface area contributed by atoms with Crippen molar-refractivity contribution in [3.8, 4) is 0 Å². The van der Waals surface area contributed by atoms with Gasteiger partial charge >= 0.3 is 25.2 Å². The van der Waals surface area contributed by atoms with Crippen LogP contribution in [-0.4, -0.2) is 100.0 Å². The van der Waals surface area contributed by atoms with Gasteiger partial charge in [-0.3, -0.25) is 14.4 Å². The number of carbonyl (C=O) groups excluding carboxylic acids is 3. The number of hydrogen-bond acceptors (Lipinski definition) is 10. The first kappa shape index (κ1) is 35.5. The Labute approximate surface area is 224 Å². The van der Waals surface area contributed by atoms with Gasteiger partial charge in [0.15, 0.2) is 6.04 Å². The second kappa shape index (κ2) is 17.9. The van der Waals surface area contributed by atoms with Crippen LogP contribution < -0.4 is 32.3 Å². The van der Waals surface area contributed by atoms with Crippen LogP contribution in [0.2, 0.25) is 0 Å². The number of amides is 2. The van der Waals surface area contributed by atoms with Crippen molar-refractivity contribution in [1.82, 2.24) is 10.6 Å². The minimum absolute atomic E-state index is 0.00327. The maximum absolute atomic E-state index is 12.2. The fourth-order valence-electron chi connectivity index (χ4n) is 2.44. The maximum Gasteiger partial charge on any atom is 0.488 e. The summed E-state index contributed by atoms with van der Waals surface area (Å²) in [6, 6.07) is 4.64. The number of carboxylic acid groups (broad SMARTS) is 3. The lowest BCUT2D eigenvalue weighted by Gasteiger charge is -2.18. The van der Waals surface area contributed by atoms with Crippen LogP contribution in [0.3, 0.4) is 0 Å². The number of aliphatic carboxylic acids is 3. The van der Waals surface area contributed by atoms with E-state index in [1.165, 1.54) is 11.8 Å². The van der Waals surface area contributed by atoms with Gasteiger partial charge in [-0.1, -0.05) is 12.1 Å². The van der Waals surface area contributed by atoms with E-state index in [0.29, 0.717) is 23.4 Å². The summed E-state index contributed by atoms with van der Waals surface area (Å²) in [5, 5.41) is 52.5. The third kappa shape index (κ3) is 16.8. The molecule has 1 aromatic carbocycles. The van der Waals surface area contributed by atoms with Crippen LogP contribution in [0.4, 0.5) is 18.9 Å². The van der Waals surface area contributed by atoms with Gasteiger partial charge in [0.2, 0.25) is 11.8 Å². The Morgan fingerprint density at radius 2 is 1.74 bits per heavy atom. The van der Waals surface area contributed by atoms with Crippen molar-refractivity contribution in [1.29, 1.82) is 0 Å². The number of benzene rings is 1. The van der Waals surface area contributed by atoms with Crippen LogP contribution in [0.5, 0.6) is 0 Å². The van der Waals surface area contributed by atoms with Gasteiger partial charge in [0.05, 0.1) is 0 Å². The summed E-state index contributed by atoms with van der Waals surface area (Å²) in [5.74, 6) is -5.85. The predicted molar refractivity (Wildman–Crippen MR) is 129 cm³/mol. The summed E-state index contributed by atoms with van der Waals surface area (Å²) in [6.07, 6.45) is -5.33. The zero-order chi connectivity index (χ0) is 30.2. The van der Waals surface area contributed by atoms with E-state index in [1.54, 1.807) is 24.3 Å². The van der Waals surface area contributed by atoms with Crippen molar-refractivity contribution in [2.75, 3.05) is 29.9 Å². The summed E-state index contributed by atoms with van der Waals surface area (Å²) >= 11 is 1.33. The number of nitrogens with one attached hydrogen (secondary N) is 3. The molecular formula is C20H28BF3N4O10S. The van der Waals surface area contributed by atoms with Crippen LogP contribution >= 0.6 is 11.8 Å². The van der Waals surface area contributed by atoms with Crippen LogP contribution in [-0.2, 0) is 24.0 Å². The molecule has 0 unspecified atom stereocenters. The number of hydrogen-bond donors (Lipinski definition) is 8. The first-order chi connectivity index (χ1) is 18.0. The van der Waals surface area contributed by atoms with Crippen molar-refractivity contribution >= 4 is 59.8 Å². The molecule has 0 saturated carbocycles. The number of thioether (sulfide) groups is 1. The molecule has 39 heavy (non-hydrogen) atoms. The molecule has 0 fully saturated rings. The Morgan fingerprint density at radius 1 is 1.13 bits per heavy atom. The van der Waals surface area contributed by atoms with Crippen molar-refractivity contribution in [3.63, 3.8) is 0 Å². The Bertz CT molecular complexity index is 987. The minimum Gasteiger partial charge on any atom is -0.542 e. The van der Waals surface area contributed by atoms with Gasteiger partial charge in [-0.2, -0.15) is 24.9 Å². The Balaban J connectivity index is 0.00000181. The molecule has 19 heteroatoms. The Morgan fingerprint density at radius 3 is 2.26 bits per heavy atom. The van der Waals surface area contributed by atoms with E-state index in [4.69, 9.17) is 20.1 Å². The minimum atomic E-state index is -5.19. The number of quaternary nitrogens is 1. The molecule has 218 valence electrons. The van der Waals surface area contributed by atoms with Gasteiger partial charge in [-0.15, -0.1) is 0 Å². The second-order valence-corrected chi connectivity index (χ2v) is 8.74. The van der Waals surface area contributed by atoms with Crippen molar-refractivity contribution in [2.45, 2.75) is 31.1 Å². The summed E-state index contributed by atoms with van der Waals surface area (Å²) < 4.78 is 31.5. The first-order valence-electron chi connectivity index (χ1n) is 10.9. The van der Waals surface area contributed by atoms with E-state index in [0.717, 1.165) is 0 Å². The third-order valence-corrected chi connectivity index (χ3v) is 5.47. The highest BCUT2D eigenvalue weighted by Gasteiger charge is 2.29. The average molecular weight is 584 g/mol. The molecule has 1 rings (SSSR count). The Hall–Kier alpha value is -3.55. The molecule has 14 nitrogen and oxygen atoms in total. The molecule has 0 heterocycles. The zero-order valence-electron chi connectivity index (χ0n) is 20.3. The molecule has 0 saturated heterocycles. The lowest BCUT2D eigenvalue weighted by Crippen LogP contribution is -2.65. The number of carboxylic acids is 3. The fourth-order valence-corrected chi connectivity index (χ4v) is 3.33. The molecule has 0 bridgehead atoms. The number of anilines is 1. The summed E-state index contributed by atoms with van der Waals surface area (Å²) in [6.45, 7) is -0.112. The number of rotatable bonds is 15. The third-order valence-electron chi connectivity index (χ3n) is 4.41. The van der Waals surface area contributed by atoms with E-state index < -0.39 is 61.6 Å². The molecule has 0 aliphatic rings. The van der Waals surface area contributed by atoms with E-state index in [9.17, 15) is 42.4 Å². The molecule has 1 aromatic rings. The quantitative estimate of drug-likeness (QED) is 0.0725. The normalized spacial score (nSPS) is 12.2. The molecule has 0 spiro atoms. The molecule has 0 aliphatic carbocycles. The van der Waals surface area contributed by atoms with Gasteiger partial charge in [-0.25, -0.2) is 4.79 Å². The van der Waals surface area contributed by atoms with E-state index in [2.05, 4.69) is 21.7 Å². The highest BCUT2D eigenvalue weighted by Crippen LogP contribution is 2.11. The fraction of sp³-hybridized carbons (Fsp3) is 0.450. The summed E-state index contributed by atoms with van der Waals surface area (Å²) in [5.41, 5.74) is 4.44. The molecule has 0 aromatic heterocycles. The molecule has 2 amide bonds. The predicted octanol–water partition coefficient (Wildman–Crippen LogP) is -4.03. The SMILES string of the molecule is O=C([O-])C(F)(F)F.[NH3+][C@@H](CCC(=O)N[C@@H](CSCCNc1cccc(B(O)O)c1)C(=O)NCC(=O)O)C(=O)O. The van der Waals surface area contributed by atoms with Crippen molar-refractivity contribution in [3.05, 3.63) is 24.3 Å². The van der Waals surface area contributed by atoms with Crippen LogP contribution in [0.15, 0.2) is 24.3 Å². The van der Waals surface area contributed by atoms with Crippen molar-refractivity contribution < 1.29 is 68.2 Å². The molecular weight excluding hydrogens is 556 g/mol. The largest absolute Gasteiger partial charge is 0.542 e. The van der Waals surface area contributed by atoms with Crippen LogP contribution in [0, 0.1) is 0 Å². The van der Waals surface area contributed by atoms with Gasteiger partial charge in [0.25, 0.3) is 0 Å². The summed E-state index contributed by atoms with van der Waals surface area (Å²) in [7, 11) is -1.57. The lowest BCUT2D eigenvalue weighted by atomic mass is 9.80. The van der Waals surface area contributed by atoms with Gasteiger partial charge in [0.1, 0.15) is 18.6 Å². The zero-order valence-corrected chi connectivity index (χ0v) is 21.1. The van der Waals surface area contributed by atoms with Gasteiger partial charge in [0, 0.05) is 36.6 Å². The first-order valence-corrected chi connectivity index (χ1v) is 12.1. The summed E-state index contributed by atoms with van der Waals surface area (Å²) in [4.78, 5) is 54.6. The lowest BCUT2D eigenvalue weighted by molar-refractivity contribution is -0.408. The molecule has 0 aliphatic heterocycles. The topological polar surface area (TPSA) is 253 Å². The molecule has 10 N–H and O–H groups in total. The highest BCUT2D eigenvalue weighted by molar-refractivity contribution is 7.99. The van der Waals surface area contributed by atoms with Crippen LogP contribution in [0.1, 0.15) is 12.8 Å². The average Bonchev–Trinajstić information content (AvgIpc) is 2.84. The smallest absolute Gasteiger partial charge is 0.488 e. The van der Waals surface area contributed by atoms with Crippen LogP contribution in [0.25, 0.3) is 0 Å². The van der Waals surface area contributed by atoms with E-state index in [1.807, 2.05) is 0 Å². The van der Waals surface area contributed by atoms with E-state index >= 15 is 0 Å². The standard InChI is InChI=1S/C18H27BN4O8S.C2HF3O2/c20-13(18(28)29)4-5-15(24)23-14(17(27)22-9-16(25)26)10-32-7-6-21-12-3-1-2-11(8-12)19(30)31;3-2(4,5)1(6)7/h1-3,8,13-14,21,30-31H,4-7,9-10,20H2,(H,22,27)(H,23,24)(H,25,26)(H,28,29);(H,6,7)/t13-,14-;/m0./s1. The highest BCUT2D eigenvalue weighted by atomic mass is 32.2. The van der Waals surface area contributed by atoms with Gasteiger partial charge in [-0.05, 0) is 17.6 Å². The number of halogens is 3. The number of alkyl halides is 3. The van der Waals surface area contributed by atoms with E-state index in [-0.39, 0.29) is 18.6 Å². The molecule has 2 atom stereocenters. The maximum atomic E-state index is 12.2. The number of carbonyl (C=O) groups is 5. The molecule has 0 radical (unpaired) electrons. The Kier molecular flexibility index (Phi) is 16.2. The van der Waals surface area contributed by atoms with Gasteiger partial charge < -0.3 is 51.8 Å².